The van der Waals surface area contributed by atoms with Crippen molar-refractivity contribution in [3.63, 3.8) is 0 Å². The lowest BCUT2D eigenvalue weighted by molar-refractivity contribution is 0.415. The van der Waals surface area contributed by atoms with Crippen LogP contribution in [0.5, 0.6) is 11.8 Å². The van der Waals surface area contributed by atoms with Gasteiger partial charge in [0.25, 0.3) is 5.56 Å². The molecular formula is C22H22N4O3. The highest BCUT2D eigenvalue weighted by Gasteiger charge is 2.21. The summed E-state index contributed by atoms with van der Waals surface area (Å²) in [4.78, 5) is 29.9. The van der Waals surface area contributed by atoms with Crippen LogP contribution in [0.1, 0.15) is 16.7 Å². The van der Waals surface area contributed by atoms with Crippen molar-refractivity contribution < 1.29 is 4.74 Å². The Morgan fingerprint density at radius 1 is 0.897 bits per heavy atom. The first-order valence-corrected chi connectivity index (χ1v) is 9.32. The van der Waals surface area contributed by atoms with E-state index in [0.717, 1.165) is 21.3 Å². The van der Waals surface area contributed by atoms with Crippen LogP contribution < -0.4 is 16.0 Å². The van der Waals surface area contributed by atoms with Gasteiger partial charge in [-0.3, -0.25) is 18.5 Å². The van der Waals surface area contributed by atoms with Crippen molar-refractivity contribution in [2.24, 2.45) is 14.1 Å². The van der Waals surface area contributed by atoms with Crippen molar-refractivity contribution in [2.45, 2.75) is 20.4 Å². The summed E-state index contributed by atoms with van der Waals surface area (Å²) in [5.74, 6) is 0.693. The third-order valence-corrected chi connectivity index (χ3v) is 5.10. The molecule has 2 heterocycles. The first-order chi connectivity index (χ1) is 13.9. The Kier molecular flexibility index (Phi) is 4.58. The van der Waals surface area contributed by atoms with Crippen LogP contribution in [0.25, 0.3) is 11.2 Å². The van der Waals surface area contributed by atoms with Gasteiger partial charge in [-0.05, 0) is 30.5 Å². The predicted molar refractivity (Wildman–Crippen MR) is 112 cm³/mol. The molecule has 0 aliphatic rings. The van der Waals surface area contributed by atoms with Crippen LogP contribution in [-0.4, -0.2) is 18.7 Å². The highest BCUT2D eigenvalue weighted by molar-refractivity contribution is 5.72. The molecule has 7 nitrogen and oxygen atoms in total. The molecule has 29 heavy (non-hydrogen) atoms. The van der Waals surface area contributed by atoms with Crippen LogP contribution >= 0.6 is 0 Å². The maximum Gasteiger partial charge on any atom is 0.332 e. The molecule has 0 aliphatic carbocycles. The van der Waals surface area contributed by atoms with E-state index < -0.39 is 11.2 Å². The third kappa shape index (κ3) is 3.14. The van der Waals surface area contributed by atoms with Crippen LogP contribution in [0.15, 0.2) is 58.1 Å². The largest absolute Gasteiger partial charge is 0.425 e. The van der Waals surface area contributed by atoms with Crippen molar-refractivity contribution >= 4 is 11.2 Å². The van der Waals surface area contributed by atoms with Gasteiger partial charge in [0.1, 0.15) is 5.75 Å². The van der Waals surface area contributed by atoms with E-state index in [1.54, 1.807) is 11.6 Å². The molecule has 2 aromatic carbocycles. The van der Waals surface area contributed by atoms with Gasteiger partial charge < -0.3 is 4.74 Å². The van der Waals surface area contributed by atoms with E-state index in [0.29, 0.717) is 23.5 Å². The van der Waals surface area contributed by atoms with Gasteiger partial charge >= 0.3 is 11.7 Å². The summed E-state index contributed by atoms with van der Waals surface area (Å²) in [5.41, 5.74) is 2.73. The molecule has 2 aromatic heterocycles. The molecule has 0 aliphatic heterocycles. The number of hydrogen-bond acceptors (Lipinski definition) is 4. The van der Waals surface area contributed by atoms with E-state index in [-0.39, 0.29) is 6.01 Å². The zero-order valence-corrected chi connectivity index (χ0v) is 16.8. The fourth-order valence-corrected chi connectivity index (χ4v) is 3.47. The topological polar surface area (TPSA) is 71.1 Å². The predicted octanol–water partition coefficient (Wildman–Crippen LogP) is 2.89. The summed E-state index contributed by atoms with van der Waals surface area (Å²) < 4.78 is 10.4. The minimum absolute atomic E-state index is 0.277. The van der Waals surface area contributed by atoms with Gasteiger partial charge in [-0.1, -0.05) is 48.5 Å². The average Bonchev–Trinajstić information content (AvgIpc) is 3.06. The molecule has 7 heteroatoms. The zero-order chi connectivity index (χ0) is 20.7. The molecule has 0 unspecified atom stereocenters. The Labute approximate surface area is 167 Å². The molecule has 0 saturated heterocycles. The maximum atomic E-state index is 12.9. The van der Waals surface area contributed by atoms with Crippen molar-refractivity contribution in [3.05, 3.63) is 86.1 Å². The summed E-state index contributed by atoms with van der Waals surface area (Å²) in [5, 5.41) is 0. The maximum absolute atomic E-state index is 12.9. The second kappa shape index (κ2) is 7.09. The summed E-state index contributed by atoms with van der Waals surface area (Å²) in [7, 11) is 3.07. The average molecular weight is 390 g/mol. The summed E-state index contributed by atoms with van der Waals surface area (Å²) >= 11 is 0. The second-order valence-electron chi connectivity index (χ2n) is 7.17. The summed E-state index contributed by atoms with van der Waals surface area (Å²) in [6, 6.07) is 15.9. The molecule has 4 aromatic rings. The molecule has 148 valence electrons. The first-order valence-electron chi connectivity index (χ1n) is 9.32. The Morgan fingerprint density at radius 2 is 1.55 bits per heavy atom. The highest BCUT2D eigenvalue weighted by atomic mass is 16.5. The monoisotopic (exact) mass is 390 g/mol. The highest BCUT2D eigenvalue weighted by Crippen LogP contribution is 2.30. The van der Waals surface area contributed by atoms with E-state index in [1.807, 2.05) is 62.4 Å². The van der Waals surface area contributed by atoms with E-state index in [4.69, 9.17) is 4.74 Å². The van der Waals surface area contributed by atoms with Gasteiger partial charge in [0.05, 0.1) is 6.54 Å². The number of nitrogens with zero attached hydrogens (tertiary/aromatic N) is 4. The normalized spacial score (nSPS) is 11.2. The lowest BCUT2D eigenvalue weighted by Crippen LogP contribution is -2.37. The molecule has 4 rings (SSSR count). The lowest BCUT2D eigenvalue weighted by Gasteiger charge is -2.13. The molecule has 0 spiro atoms. The molecule has 0 N–H and O–H groups in total. The smallest absolute Gasteiger partial charge is 0.332 e. The first kappa shape index (κ1) is 18.7. The molecule has 0 bridgehead atoms. The van der Waals surface area contributed by atoms with Gasteiger partial charge in [-0.2, -0.15) is 4.98 Å². The minimum atomic E-state index is -0.425. The Hall–Kier alpha value is -3.61. The van der Waals surface area contributed by atoms with Crippen LogP contribution in [0.2, 0.25) is 0 Å². The standard InChI is InChI=1S/C22H22N4O3/c1-14-9-8-10-15(2)18(14)29-21-23-19-17(20(27)25(4)22(28)24(19)3)26(21)13-16-11-6-5-7-12-16/h5-12H,13H2,1-4H3. The van der Waals surface area contributed by atoms with Crippen molar-refractivity contribution in [2.75, 3.05) is 0 Å². The quantitative estimate of drug-likeness (QED) is 0.537. The van der Waals surface area contributed by atoms with Crippen molar-refractivity contribution in [1.82, 2.24) is 18.7 Å². The molecule has 0 saturated carbocycles. The van der Waals surface area contributed by atoms with Crippen LogP contribution in [0.4, 0.5) is 0 Å². The SMILES string of the molecule is Cc1cccc(C)c1Oc1nc2c(c(=O)n(C)c(=O)n2C)n1Cc1ccccc1. The van der Waals surface area contributed by atoms with Crippen LogP contribution in [0.3, 0.4) is 0 Å². The summed E-state index contributed by atoms with van der Waals surface area (Å²) in [6.45, 7) is 4.31. The molecule has 0 amide bonds. The molecule has 0 fully saturated rings. The zero-order valence-electron chi connectivity index (χ0n) is 16.8. The number of hydrogen-bond donors (Lipinski definition) is 0. The van der Waals surface area contributed by atoms with Gasteiger partial charge in [-0.25, -0.2) is 4.79 Å². The van der Waals surface area contributed by atoms with Crippen LogP contribution in [0, 0.1) is 13.8 Å². The Balaban J connectivity index is 1.99. The number of ether oxygens (including phenoxy) is 1. The Bertz CT molecular complexity index is 1310. The van der Waals surface area contributed by atoms with Crippen LogP contribution in [-0.2, 0) is 20.6 Å². The molecule has 0 radical (unpaired) electrons. The van der Waals surface area contributed by atoms with E-state index in [1.165, 1.54) is 11.6 Å². The van der Waals surface area contributed by atoms with Crippen molar-refractivity contribution in [1.29, 1.82) is 0 Å². The van der Waals surface area contributed by atoms with E-state index in [9.17, 15) is 9.59 Å². The van der Waals surface area contributed by atoms with E-state index in [2.05, 4.69) is 4.98 Å². The number of imidazole rings is 1. The third-order valence-electron chi connectivity index (χ3n) is 5.10. The number of aryl methyl sites for hydroxylation is 3. The van der Waals surface area contributed by atoms with Crippen molar-refractivity contribution in [3.8, 4) is 11.8 Å². The fraction of sp³-hybridized carbons (Fsp3) is 0.227. The Morgan fingerprint density at radius 3 is 2.21 bits per heavy atom. The van der Waals surface area contributed by atoms with E-state index >= 15 is 0 Å². The number of para-hydroxylation sites is 1. The molecular weight excluding hydrogens is 368 g/mol. The number of fused-ring (bicyclic) bond motifs is 1. The summed E-state index contributed by atoms with van der Waals surface area (Å²) in [6.07, 6.45) is 0. The van der Waals surface area contributed by atoms with Gasteiger partial charge in [-0.15, -0.1) is 0 Å². The minimum Gasteiger partial charge on any atom is -0.425 e. The molecule has 0 atom stereocenters. The lowest BCUT2D eigenvalue weighted by atomic mass is 10.1. The number of aromatic nitrogens is 4. The fourth-order valence-electron chi connectivity index (χ4n) is 3.47. The van der Waals surface area contributed by atoms with Gasteiger partial charge in [0.15, 0.2) is 11.2 Å². The van der Waals surface area contributed by atoms with Gasteiger partial charge in [0, 0.05) is 14.1 Å². The number of rotatable bonds is 4. The van der Waals surface area contributed by atoms with Gasteiger partial charge in [0.2, 0.25) is 0 Å². The number of benzene rings is 2. The second-order valence-corrected chi connectivity index (χ2v) is 7.17.